The molecule has 1 aromatic heterocycles. The minimum atomic E-state index is 0.262. The van der Waals surface area contributed by atoms with Crippen LogP contribution in [0.15, 0.2) is 6.20 Å². The second kappa shape index (κ2) is 7.30. The number of nitrogens with zero attached hydrogens (tertiary/aromatic N) is 2. The maximum atomic E-state index is 6.25. The Labute approximate surface area is 122 Å². The van der Waals surface area contributed by atoms with Crippen molar-refractivity contribution in [3.63, 3.8) is 0 Å². The maximum Gasteiger partial charge on any atom is 0.0817 e. The summed E-state index contributed by atoms with van der Waals surface area (Å²) in [5.74, 6) is 0. The summed E-state index contributed by atoms with van der Waals surface area (Å²) in [4.78, 5) is 0. The Hall–Kier alpha value is -0.540. The minimum Gasteiger partial charge on any atom is -0.314 e. The highest BCUT2D eigenvalue weighted by Gasteiger charge is 2.24. The molecule has 1 aromatic rings. The SMILES string of the molecule is CCCn1ncc(Cl)c1CCC(NCC)C(C)(C)C. The van der Waals surface area contributed by atoms with Crippen molar-refractivity contribution < 1.29 is 0 Å². The lowest BCUT2D eigenvalue weighted by atomic mass is 9.83. The first-order valence-electron chi connectivity index (χ1n) is 7.33. The normalized spacial score (nSPS) is 13.8. The van der Waals surface area contributed by atoms with Gasteiger partial charge in [-0.15, -0.1) is 0 Å². The first-order valence-corrected chi connectivity index (χ1v) is 7.71. The maximum absolute atomic E-state index is 6.25. The molecule has 0 amide bonds. The molecule has 0 saturated carbocycles. The lowest BCUT2D eigenvalue weighted by Gasteiger charge is -2.31. The van der Waals surface area contributed by atoms with Gasteiger partial charge in [-0.2, -0.15) is 5.10 Å². The standard InChI is InChI=1S/C15H28ClN3/c1-6-10-19-13(12(16)11-18-19)8-9-14(17-7-2)15(3,4)5/h11,14,17H,6-10H2,1-5H3. The Morgan fingerprint density at radius 3 is 2.58 bits per heavy atom. The summed E-state index contributed by atoms with van der Waals surface area (Å²) < 4.78 is 2.05. The predicted molar refractivity (Wildman–Crippen MR) is 82.8 cm³/mol. The minimum absolute atomic E-state index is 0.262. The molecule has 1 atom stereocenters. The van der Waals surface area contributed by atoms with E-state index in [9.17, 15) is 0 Å². The van der Waals surface area contributed by atoms with Gasteiger partial charge in [-0.25, -0.2) is 0 Å². The van der Waals surface area contributed by atoms with Gasteiger partial charge in [0, 0.05) is 12.6 Å². The van der Waals surface area contributed by atoms with E-state index in [1.54, 1.807) is 6.20 Å². The largest absolute Gasteiger partial charge is 0.314 e. The number of rotatable bonds is 7. The molecule has 0 aliphatic rings. The van der Waals surface area contributed by atoms with Gasteiger partial charge in [0.1, 0.15) is 0 Å². The van der Waals surface area contributed by atoms with Crippen molar-refractivity contribution in [2.24, 2.45) is 5.41 Å². The third-order valence-corrected chi connectivity index (χ3v) is 3.81. The van der Waals surface area contributed by atoms with Crippen molar-refractivity contribution in [3.05, 3.63) is 16.9 Å². The van der Waals surface area contributed by atoms with Gasteiger partial charge in [-0.3, -0.25) is 4.68 Å². The molecule has 1 unspecified atom stereocenters. The summed E-state index contributed by atoms with van der Waals surface area (Å²) in [5, 5.41) is 8.74. The van der Waals surface area contributed by atoms with Gasteiger partial charge < -0.3 is 5.32 Å². The highest BCUT2D eigenvalue weighted by Crippen LogP contribution is 2.25. The summed E-state index contributed by atoms with van der Waals surface area (Å²) in [5.41, 5.74) is 1.44. The molecular weight excluding hydrogens is 258 g/mol. The summed E-state index contributed by atoms with van der Waals surface area (Å²) in [6.45, 7) is 13.1. The fourth-order valence-corrected chi connectivity index (χ4v) is 2.65. The van der Waals surface area contributed by atoms with E-state index in [2.05, 4.69) is 45.0 Å². The van der Waals surface area contributed by atoms with Gasteiger partial charge in [0.2, 0.25) is 0 Å². The van der Waals surface area contributed by atoms with Crippen molar-refractivity contribution in [1.29, 1.82) is 0 Å². The third kappa shape index (κ3) is 4.81. The van der Waals surface area contributed by atoms with Crippen LogP contribution in [0.1, 0.15) is 53.2 Å². The molecule has 0 spiro atoms. The Morgan fingerprint density at radius 2 is 2.05 bits per heavy atom. The quantitative estimate of drug-likeness (QED) is 0.823. The zero-order chi connectivity index (χ0) is 14.5. The molecule has 4 heteroatoms. The van der Waals surface area contributed by atoms with Crippen LogP contribution in [0.4, 0.5) is 0 Å². The zero-order valence-corrected chi connectivity index (χ0v) is 13.7. The molecule has 0 aliphatic heterocycles. The molecule has 1 rings (SSSR count). The average Bonchev–Trinajstić information content (AvgIpc) is 2.65. The fourth-order valence-electron chi connectivity index (χ4n) is 2.41. The number of nitrogens with one attached hydrogen (secondary N) is 1. The molecule has 110 valence electrons. The van der Waals surface area contributed by atoms with E-state index in [0.717, 1.165) is 37.4 Å². The van der Waals surface area contributed by atoms with Crippen LogP contribution < -0.4 is 5.32 Å². The topological polar surface area (TPSA) is 29.9 Å². The van der Waals surface area contributed by atoms with Crippen LogP contribution in [0.25, 0.3) is 0 Å². The molecular formula is C15H28ClN3. The summed E-state index contributed by atoms with van der Waals surface area (Å²) in [6.07, 6.45) is 4.92. The summed E-state index contributed by atoms with van der Waals surface area (Å²) in [7, 11) is 0. The summed E-state index contributed by atoms with van der Waals surface area (Å²) >= 11 is 6.25. The van der Waals surface area contributed by atoms with E-state index >= 15 is 0 Å². The van der Waals surface area contributed by atoms with Crippen molar-refractivity contribution in [3.8, 4) is 0 Å². The highest BCUT2D eigenvalue weighted by atomic mass is 35.5. The van der Waals surface area contributed by atoms with Crippen LogP contribution in [0.3, 0.4) is 0 Å². The lowest BCUT2D eigenvalue weighted by molar-refractivity contribution is 0.257. The van der Waals surface area contributed by atoms with E-state index in [-0.39, 0.29) is 5.41 Å². The van der Waals surface area contributed by atoms with Crippen molar-refractivity contribution in [2.75, 3.05) is 6.54 Å². The van der Waals surface area contributed by atoms with Crippen LogP contribution in [-0.2, 0) is 13.0 Å². The van der Waals surface area contributed by atoms with Crippen LogP contribution in [0.2, 0.25) is 5.02 Å². The Bertz CT molecular complexity index is 379. The second-order valence-electron chi connectivity index (χ2n) is 6.18. The van der Waals surface area contributed by atoms with Gasteiger partial charge in [0.05, 0.1) is 16.9 Å². The van der Waals surface area contributed by atoms with Crippen LogP contribution in [-0.4, -0.2) is 22.4 Å². The first kappa shape index (κ1) is 16.5. The number of halogens is 1. The van der Waals surface area contributed by atoms with E-state index in [1.807, 2.05) is 4.68 Å². The van der Waals surface area contributed by atoms with Crippen LogP contribution in [0, 0.1) is 5.41 Å². The fraction of sp³-hybridized carbons (Fsp3) is 0.800. The number of hydrogen-bond acceptors (Lipinski definition) is 2. The Kier molecular flexibility index (Phi) is 6.34. The first-order chi connectivity index (χ1) is 8.90. The Morgan fingerprint density at radius 1 is 1.37 bits per heavy atom. The molecule has 0 fully saturated rings. The zero-order valence-electron chi connectivity index (χ0n) is 13.0. The number of hydrogen-bond donors (Lipinski definition) is 1. The monoisotopic (exact) mass is 285 g/mol. The van der Waals surface area contributed by atoms with Crippen molar-refractivity contribution in [1.82, 2.24) is 15.1 Å². The van der Waals surface area contributed by atoms with Crippen molar-refractivity contribution >= 4 is 11.6 Å². The van der Waals surface area contributed by atoms with E-state index in [0.29, 0.717) is 6.04 Å². The molecule has 3 nitrogen and oxygen atoms in total. The smallest absolute Gasteiger partial charge is 0.0817 e. The van der Waals surface area contributed by atoms with Crippen LogP contribution in [0.5, 0.6) is 0 Å². The second-order valence-corrected chi connectivity index (χ2v) is 6.58. The molecule has 19 heavy (non-hydrogen) atoms. The van der Waals surface area contributed by atoms with Gasteiger partial charge in [-0.05, 0) is 31.2 Å². The molecule has 0 bridgehead atoms. The predicted octanol–water partition coefficient (Wildman–Crippen LogP) is 3.90. The number of aromatic nitrogens is 2. The molecule has 0 saturated heterocycles. The summed E-state index contributed by atoms with van der Waals surface area (Å²) in [6, 6.07) is 0.499. The number of aryl methyl sites for hydroxylation is 1. The van der Waals surface area contributed by atoms with E-state index in [4.69, 9.17) is 11.6 Å². The van der Waals surface area contributed by atoms with Crippen LogP contribution >= 0.6 is 11.6 Å². The van der Waals surface area contributed by atoms with E-state index in [1.165, 1.54) is 5.69 Å². The van der Waals surface area contributed by atoms with Gasteiger partial charge in [0.25, 0.3) is 0 Å². The molecule has 1 N–H and O–H groups in total. The van der Waals surface area contributed by atoms with Gasteiger partial charge in [0.15, 0.2) is 0 Å². The highest BCUT2D eigenvalue weighted by molar-refractivity contribution is 6.31. The molecule has 0 aliphatic carbocycles. The Balaban J connectivity index is 2.71. The van der Waals surface area contributed by atoms with Gasteiger partial charge in [-0.1, -0.05) is 46.2 Å². The van der Waals surface area contributed by atoms with Gasteiger partial charge >= 0.3 is 0 Å². The lowest BCUT2D eigenvalue weighted by Crippen LogP contribution is -2.40. The van der Waals surface area contributed by atoms with Crippen molar-refractivity contribution in [2.45, 2.75) is 66.5 Å². The molecule has 1 heterocycles. The van der Waals surface area contributed by atoms with E-state index < -0.39 is 0 Å². The average molecular weight is 286 g/mol. The third-order valence-electron chi connectivity index (χ3n) is 3.50. The molecule has 0 radical (unpaired) electrons. The molecule has 0 aromatic carbocycles.